The minimum absolute atomic E-state index is 0.248. The van der Waals surface area contributed by atoms with E-state index in [0.29, 0.717) is 0 Å². The molecule has 0 N–H and O–H groups in total. The molecule has 0 aliphatic heterocycles. The van der Waals surface area contributed by atoms with E-state index in [9.17, 15) is 13.2 Å². The van der Waals surface area contributed by atoms with Gasteiger partial charge in [0.15, 0.2) is 6.61 Å². The minimum Gasteiger partial charge on any atom is -0.484 e. The summed E-state index contributed by atoms with van der Waals surface area (Å²) in [6, 6.07) is 6.51. The van der Waals surface area contributed by atoms with E-state index in [0.717, 1.165) is 5.56 Å². The normalized spacial score (nSPS) is 9.41. The van der Waals surface area contributed by atoms with E-state index in [2.05, 4.69) is 4.74 Å². The molecule has 0 amide bonds. The fourth-order valence-electron chi connectivity index (χ4n) is 0.870. The molecule has 0 unspecified atom stereocenters. The Morgan fingerprint density at radius 2 is 1.59 bits per heavy atom. The van der Waals surface area contributed by atoms with E-state index in [4.69, 9.17) is 0 Å². The molecule has 1 rings (SSSR count). The second-order valence-electron chi connectivity index (χ2n) is 2.72. The number of hydrogen-bond acceptors (Lipinski definition) is 1. The van der Waals surface area contributed by atoms with Gasteiger partial charge in [-0.3, -0.25) is 0 Å². The van der Waals surface area contributed by atoms with E-state index in [1.165, 1.54) is 6.07 Å². The van der Waals surface area contributed by atoms with Crippen molar-refractivity contribution in [3.63, 3.8) is 0 Å². The van der Waals surface area contributed by atoms with Crippen molar-refractivity contribution >= 4 is 0 Å². The molecule has 0 heterocycles. The standard InChI is InChI=1S/C9H9F3O.2C2H6/c1-7-3-2-4-8(5-7)13-6-9(10,11)12;2*1-2/h2-5H,6H2,1H3;2*1-2H3. The van der Waals surface area contributed by atoms with Gasteiger partial charge in [0, 0.05) is 0 Å². The van der Waals surface area contributed by atoms with Crippen LogP contribution in [-0.4, -0.2) is 12.8 Å². The van der Waals surface area contributed by atoms with Gasteiger partial charge in [0.05, 0.1) is 0 Å². The highest BCUT2D eigenvalue weighted by atomic mass is 19.4. The van der Waals surface area contributed by atoms with Crippen LogP contribution < -0.4 is 4.74 Å². The lowest BCUT2D eigenvalue weighted by Crippen LogP contribution is -2.19. The van der Waals surface area contributed by atoms with Crippen LogP contribution in [0.15, 0.2) is 24.3 Å². The molecule has 1 nitrogen and oxygen atoms in total. The molecule has 0 aliphatic carbocycles. The SMILES string of the molecule is CC.CC.Cc1cccc(OCC(F)(F)F)c1. The Balaban J connectivity index is 0. The Kier molecular flexibility index (Phi) is 10.7. The highest BCUT2D eigenvalue weighted by molar-refractivity contribution is 5.27. The van der Waals surface area contributed by atoms with E-state index >= 15 is 0 Å². The Morgan fingerprint density at radius 3 is 2.00 bits per heavy atom. The third-order valence-corrected chi connectivity index (χ3v) is 1.39. The summed E-state index contributed by atoms with van der Waals surface area (Å²) >= 11 is 0. The van der Waals surface area contributed by atoms with Crippen LogP contribution in [0.5, 0.6) is 5.75 Å². The summed E-state index contributed by atoms with van der Waals surface area (Å²) in [5.74, 6) is 0.248. The highest BCUT2D eigenvalue weighted by Crippen LogP contribution is 2.18. The highest BCUT2D eigenvalue weighted by Gasteiger charge is 2.28. The summed E-state index contributed by atoms with van der Waals surface area (Å²) < 4.78 is 39.7. The van der Waals surface area contributed by atoms with E-state index < -0.39 is 12.8 Å². The van der Waals surface area contributed by atoms with Crippen molar-refractivity contribution in [1.29, 1.82) is 0 Å². The maximum absolute atomic E-state index is 11.7. The molecule has 0 atom stereocenters. The van der Waals surface area contributed by atoms with Crippen LogP contribution in [0.3, 0.4) is 0 Å². The molecule has 1 aromatic carbocycles. The number of hydrogen-bond donors (Lipinski definition) is 0. The zero-order valence-electron chi connectivity index (χ0n) is 11.1. The Morgan fingerprint density at radius 1 is 1.06 bits per heavy atom. The Labute approximate surface area is 102 Å². The zero-order valence-corrected chi connectivity index (χ0v) is 11.1. The third kappa shape index (κ3) is 11.1. The second kappa shape index (κ2) is 10.00. The number of benzene rings is 1. The number of alkyl halides is 3. The first-order chi connectivity index (χ1) is 7.97. The van der Waals surface area contributed by atoms with Gasteiger partial charge < -0.3 is 4.74 Å². The lowest BCUT2D eigenvalue weighted by atomic mass is 10.2. The van der Waals surface area contributed by atoms with Gasteiger partial charge in [-0.2, -0.15) is 13.2 Å². The molecular weight excluding hydrogens is 229 g/mol. The predicted octanol–water partition coefficient (Wildman–Crippen LogP) is 4.99. The van der Waals surface area contributed by atoms with Crippen molar-refractivity contribution in [2.24, 2.45) is 0 Å². The molecule has 0 fully saturated rings. The first-order valence-corrected chi connectivity index (χ1v) is 5.73. The van der Waals surface area contributed by atoms with Crippen molar-refractivity contribution in [3.8, 4) is 5.75 Å². The van der Waals surface area contributed by atoms with Gasteiger partial charge in [0.2, 0.25) is 0 Å². The molecule has 0 spiro atoms. The quantitative estimate of drug-likeness (QED) is 0.718. The van der Waals surface area contributed by atoms with Gasteiger partial charge in [-0.1, -0.05) is 39.8 Å². The smallest absolute Gasteiger partial charge is 0.422 e. The topological polar surface area (TPSA) is 9.23 Å². The monoisotopic (exact) mass is 250 g/mol. The number of rotatable bonds is 2. The van der Waals surface area contributed by atoms with Crippen LogP contribution in [0.2, 0.25) is 0 Å². The largest absolute Gasteiger partial charge is 0.484 e. The van der Waals surface area contributed by atoms with Gasteiger partial charge >= 0.3 is 6.18 Å². The van der Waals surface area contributed by atoms with E-state index in [1.807, 2.05) is 27.7 Å². The summed E-state index contributed by atoms with van der Waals surface area (Å²) in [6.07, 6.45) is -4.27. The molecule has 17 heavy (non-hydrogen) atoms. The fraction of sp³-hybridized carbons (Fsp3) is 0.538. The number of halogens is 3. The average Bonchev–Trinajstić information content (AvgIpc) is 2.31. The van der Waals surface area contributed by atoms with Crippen LogP contribution in [0.1, 0.15) is 33.3 Å². The van der Waals surface area contributed by atoms with Gasteiger partial charge in [0.25, 0.3) is 0 Å². The van der Waals surface area contributed by atoms with Crippen molar-refractivity contribution in [3.05, 3.63) is 29.8 Å². The molecular formula is C13H21F3O. The first-order valence-electron chi connectivity index (χ1n) is 5.73. The Bertz CT molecular complexity index is 282. The third-order valence-electron chi connectivity index (χ3n) is 1.39. The molecule has 0 aromatic heterocycles. The Hall–Kier alpha value is -1.19. The molecule has 4 heteroatoms. The van der Waals surface area contributed by atoms with E-state index in [1.54, 1.807) is 25.1 Å². The van der Waals surface area contributed by atoms with Crippen LogP contribution in [0.4, 0.5) is 13.2 Å². The summed E-state index contributed by atoms with van der Waals surface area (Å²) in [6.45, 7) is 8.55. The molecule has 1 aromatic rings. The lowest BCUT2D eigenvalue weighted by molar-refractivity contribution is -0.153. The first kappa shape index (κ1) is 18.2. The predicted molar refractivity (Wildman–Crippen MR) is 65.4 cm³/mol. The summed E-state index contributed by atoms with van der Waals surface area (Å²) in [5.41, 5.74) is 0.875. The summed E-state index contributed by atoms with van der Waals surface area (Å²) in [4.78, 5) is 0. The van der Waals surface area contributed by atoms with Gasteiger partial charge in [-0.25, -0.2) is 0 Å². The minimum atomic E-state index is -4.27. The van der Waals surface area contributed by atoms with Gasteiger partial charge in [-0.05, 0) is 24.6 Å². The van der Waals surface area contributed by atoms with Gasteiger partial charge in [0.1, 0.15) is 5.75 Å². The van der Waals surface area contributed by atoms with Crippen LogP contribution in [0.25, 0.3) is 0 Å². The second-order valence-corrected chi connectivity index (χ2v) is 2.72. The lowest BCUT2D eigenvalue weighted by Gasteiger charge is -2.08. The van der Waals surface area contributed by atoms with Crippen molar-refractivity contribution < 1.29 is 17.9 Å². The molecule has 0 saturated carbocycles. The van der Waals surface area contributed by atoms with Crippen LogP contribution >= 0.6 is 0 Å². The number of aryl methyl sites for hydroxylation is 1. The van der Waals surface area contributed by atoms with Crippen molar-refractivity contribution in [1.82, 2.24) is 0 Å². The zero-order chi connectivity index (χ0) is 13.9. The van der Waals surface area contributed by atoms with Crippen LogP contribution in [-0.2, 0) is 0 Å². The molecule has 0 bridgehead atoms. The van der Waals surface area contributed by atoms with Crippen LogP contribution in [0, 0.1) is 6.92 Å². The maximum Gasteiger partial charge on any atom is 0.422 e. The maximum atomic E-state index is 11.7. The number of ether oxygens (including phenoxy) is 1. The molecule has 0 radical (unpaired) electrons. The molecule has 0 saturated heterocycles. The van der Waals surface area contributed by atoms with Gasteiger partial charge in [-0.15, -0.1) is 0 Å². The fourth-order valence-corrected chi connectivity index (χ4v) is 0.870. The average molecular weight is 250 g/mol. The van der Waals surface area contributed by atoms with Crippen molar-refractivity contribution in [2.75, 3.05) is 6.61 Å². The summed E-state index contributed by atoms with van der Waals surface area (Å²) in [7, 11) is 0. The molecule has 0 aliphatic rings. The van der Waals surface area contributed by atoms with E-state index in [-0.39, 0.29) is 5.75 Å². The summed E-state index contributed by atoms with van der Waals surface area (Å²) in [5, 5.41) is 0. The van der Waals surface area contributed by atoms with Crippen molar-refractivity contribution in [2.45, 2.75) is 40.8 Å². The molecule has 100 valence electrons.